The fourth-order valence-corrected chi connectivity index (χ4v) is 3.60. The normalized spacial score (nSPS) is 20.7. The zero-order valence-electron chi connectivity index (χ0n) is 15.7. The van der Waals surface area contributed by atoms with E-state index in [1.165, 1.54) is 16.0 Å². The molecule has 4 rings (SSSR count). The zero-order chi connectivity index (χ0) is 21.4. The molecule has 3 amide bonds. The molecule has 7 nitrogen and oxygen atoms in total. The van der Waals surface area contributed by atoms with Crippen LogP contribution in [0.3, 0.4) is 0 Å². The molecule has 2 aromatic carbocycles. The summed E-state index contributed by atoms with van der Waals surface area (Å²) >= 11 is 11.1. The van der Waals surface area contributed by atoms with Crippen LogP contribution in [0.15, 0.2) is 71.3 Å². The third kappa shape index (κ3) is 3.51. The first kappa shape index (κ1) is 19.9. The molecule has 150 valence electrons. The van der Waals surface area contributed by atoms with Gasteiger partial charge in [-0.15, -0.1) is 0 Å². The summed E-state index contributed by atoms with van der Waals surface area (Å²) in [6, 6.07) is 15.4. The smallest absolute Gasteiger partial charge is 0.269 e. The number of hydrogen-bond donors (Lipinski definition) is 1. The number of hydrogen-bond acceptors (Lipinski definition) is 5. The van der Waals surface area contributed by atoms with Gasteiger partial charge in [-0.1, -0.05) is 29.8 Å². The van der Waals surface area contributed by atoms with Crippen molar-refractivity contribution in [2.24, 2.45) is 11.0 Å². The summed E-state index contributed by atoms with van der Waals surface area (Å²) in [6.45, 7) is 1.68. The van der Waals surface area contributed by atoms with Crippen LogP contribution in [0.2, 0.25) is 5.02 Å². The fraction of sp³-hybridized carbons (Fsp3) is 0.0952. The van der Waals surface area contributed by atoms with Crippen molar-refractivity contribution in [1.82, 2.24) is 5.32 Å². The number of anilines is 2. The molecular formula is C21H15ClN4O3S. The SMILES string of the molecule is CC1=NN(c2ccccc2)C(=O)C1C=C1C(=O)NC(=S)N(c2ccc(Cl)cc2)C1=O. The van der Waals surface area contributed by atoms with E-state index in [1.807, 2.05) is 6.07 Å². The summed E-state index contributed by atoms with van der Waals surface area (Å²) in [5.41, 5.74) is 1.35. The number of hydrazone groups is 1. The molecule has 2 aromatic rings. The molecule has 1 N–H and O–H groups in total. The van der Waals surface area contributed by atoms with Crippen LogP contribution in [0, 0.1) is 5.92 Å². The Bertz CT molecular complexity index is 1130. The predicted octanol–water partition coefficient (Wildman–Crippen LogP) is 3.05. The number of nitrogens with one attached hydrogen (secondary N) is 1. The van der Waals surface area contributed by atoms with Crippen LogP contribution in [-0.4, -0.2) is 28.5 Å². The van der Waals surface area contributed by atoms with Crippen LogP contribution in [0.5, 0.6) is 0 Å². The van der Waals surface area contributed by atoms with Crippen molar-refractivity contribution in [2.45, 2.75) is 6.92 Å². The standard InChI is InChI=1S/C21H15ClN4O3S/c1-12-16(20(29)26(24-12)15-5-3-2-4-6-15)11-17-18(27)23-21(30)25(19(17)28)14-9-7-13(22)8-10-14/h2-11,16H,1H3,(H,23,27,30). The van der Waals surface area contributed by atoms with Gasteiger partial charge in [0, 0.05) is 5.02 Å². The lowest BCUT2D eigenvalue weighted by atomic mass is 9.98. The molecule has 9 heteroatoms. The maximum absolute atomic E-state index is 13.1. The van der Waals surface area contributed by atoms with Crippen LogP contribution in [0.1, 0.15) is 6.92 Å². The Morgan fingerprint density at radius 3 is 2.37 bits per heavy atom. The molecule has 30 heavy (non-hydrogen) atoms. The zero-order valence-corrected chi connectivity index (χ0v) is 17.3. The third-order valence-corrected chi connectivity index (χ3v) is 5.24. The molecule has 1 atom stereocenters. The Kier molecular flexibility index (Phi) is 5.19. The second-order valence-electron chi connectivity index (χ2n) is 6.66. The molecule has 0 aromatic heterocycles. The van der Waals surface area contributed by atoms with Gasteiger partial charge >= 0.3 is 0 Å². The van der Waals surface area contributed by atoms with E-state index in [4.69, 9.17) is 23.8 Å². The van der Waals surface area contributed by atoms with Gasteiger partial charge in [-0.3, -0.25) is 24.6 Å². The molecule has 2 heterocycles. The van der Waals surface area contributed by atoms with Crippen LogP contribution in [0.25, 0.3) is 0 Å². The van der Waals surface area contributed by atoms with E-state index in [2.05, 4.69) is 10.4 Å². The number of para-hydroxylation sites is 1. The Hall–Kier alpha value is -3.36. The molecule has 1 fully saturated rings. The van der Waals surface area contributed by atoms with E-state index in [-0.39, 0.29) is 16.6 Å². The number of carbonyl (C=O) groups is 3. The molecule has 0 bridgehead atoms. The van der Waals surface area contributed by atoms with Crippen molar-refractivity contribution in [3.63, 3.8) is 0 Å². The number of carbonyl (C=O) groups excluding carboxylic acids is 3. The lowest BCUT2D eigenvalue weighted by molar-refractivity contribution is -0.122. The number of thiocarbonyl (C=S) groups is 1. The molecule has 1 saturated heterocycles. The quantitative estimate of drug-likeness (QED) is 0.453. The summed E-state index contributed by atoms with van der Waals surface area (Å²) in [5.74, 6) is -2.47. The van der Waals surface area contributed by atoms with E-state index in [1.54, 1.807) is 55.5 Å². The summed E-state index contributed by atoms with van der Waals surface area (Å²) in [6.07, 6.45) is 1.34. The second-order valence-corrected chi connectivity index (χ2v) is 7.48. The highest BCUT2D eigenvalue weighted by molar-refractivity contribution is 7.80. The van der Waals surface area contributed by atoms with Gasteiger partial charge in [-0.25, -0.2) is 0 Å². The lowest BCUT2D eigenvalue weighted by Gasteiger charge is -2.29. The van der Waals surface area contributed by atoms with Crippen molar-refractivity contribution >= 4 is 63.7 Å². The highest BCUT2D eigenvalue weighted by Gasteiger charge is 2.39. The average molecular weight is 439 g/mol. The van der Waals surface area contributed by atoms with Crippen LogP contribution in [-0.2, 0) is 14.4 Å². The Labute approximate surface area is 182 Å². The molecular weight excluding hydrogens is 424 g/mol. The van der Waals surface area contributed by atoms with Crippen molar-refractivity contribution in [2.75, 3.05) is 9.91 Å². The number of benzene rings is 2. The molecule has 2 aliphatic rings. The highest BCUT2D eigenvalue weighted by Crippen LogP contribution is 2.27. The molecule has 0 radical (unpaired) electrons. The van der Waals surface area contributed by atoms with Gasteiger partial charge in [0.2, 0.25) is 0 Å². The minimum absolute atomic E-state index is 0.0430. The Balaban J connectivity index is 1.67. The van der Waals surface area contributed by atoms with Gasteiger partial charge in [0.05, 0.1) is 23.0 Å². The van der Waals surface area contributed by atoms with Crippen molar-refractivity contribution < 1.29 is 14.4 Å². The van der Waals surface area contributed by atoms with Gasteiger partial charge < -0.3 is 0 Å². The summed E-state index contributed by atoms with van der Waals surface area (Å²) in [4.78, 5) is 39.7. The molecule has 0 aliphatic carbocycles. The molecule has 2 aliphatic heterocycles. The first-order valence-corrected chi connectivity index (χ1v) is 9.76. The Morgan fingerprint density at radius 1 is 1.03 bits per heavy atom. The van der Waals surface area contributed by atoms with Crippen LogP contribution in [0.4, 0.5) is 11.4 Å². The summed E-state index contributed by atoms with van der Waals surface area (Å²) in [5, 5.41) is 8.52. The first-order chi connectivity index (χ1) is 14.4. The van der Waals surface area contributed by atoms with E-state index in [9.17, 15) is 14.4 Å². The first-order valence-electron chi connectivity index (χ1n) is 8.98. The van der Waals surface area contributed by atoms with E-state index >= 15 is 0 Å². The van der Waals surface area contributed by atoms with Gasteiger partial charge in [0.1, 0.15) is 5.57 Å². The average Bonchev–Trinajstić information content (AvgIpc) is 3.01. The molecule has 0 spiro atoms. The molecule has 0 saturated carbocycles. The molecule has 1 unspecified atom stereocenters. The highest BCUT2D eigenvalue weighted by atomic mass is 35.5. The Morgan fingerprint density at radius 2 is 1.70 bits per heavy atom. The number of amides is 3. The van der Waals surface area contributed by atoms with Gasteiger partial charge in [-0.05, 0) is 61.6 Å². The van der Waals surface area contributed by atoms with Crippen molar-refractivity contribution in [3.05, 3.63) is 71.3 Å². The van der Waals surface area contributed by atoms with E-state index in [0.29, 0.717) is 22.1 Å². The van der Waals surface area contributed by atoms with Crippen molar-refractivity contribution in [3.8, 4) is 0 Å². The van der Waals surface area contributed by atoms with Crippen LogP contribution < -0.4 is 15.2 Å². The predicted molar refractivity (Wildman–Crippen MR) is 118 cm³/mol. The number of halogens is 1. The minimum atomic E-state index is -0.839. The van der Waals surface area contributed by atoms with E-state index in [0.717, 1.165) is 0 Å². The number of rotatable bonds is 3. The van der Waals surface area contributed by atoms with Crippen molar-refractivity contribution in [1.29, 1.82) is 0 Å². The van der Waals surface area contributed by atoms with E-state index < -0.39 is 17.7 Å². The largest absolute Gasteiger partial charge is 0.298 e. The van der Waals surface area contributed by atoms with Gasteiger partial charge in [0.15, 0.2) is 5.11 Å². The van der Waals surface area contributed by atoms with Crippen LogP contribution >= 0.6 is 23.8 Å². The fourth-order valence-electron chi connectivity index (χ4n) is 3.19. The summed E-state index contributed by atoms with van der Waals surface area (Å²) < 4.78 is 0. The second kappa shape index (κ2) is 7.81. The topological polar surface area (TPSA) is 82.1 Å². The maximum atomic E-state index is 13.1. The lowest BCUT2D eigenvalue weighted by Crippen LogP contribution is -2.54. The van der Waals surface area contributed by atoms with Gasteiger partial charge in [0.25, 0.3) is 17.7 Å². The number of nitrogens with zero attached hydrogens (tertiary/aromatic N) is 3. The maximum Gasteiger partial charge on any atom is 0.269 e. The third-order valence-electron chi connectivity index (χ3n) is 4.70. The summed E-state index contributed by atoms with van der Waals surface area (Å²) in [7, 11) is 0. The minimum Gasteiger partial charge on any atom is -0.298 e. The monoisotopic (exact) mass is 438 g/mol. The van der Waals surface area contributed by atoms with Gasteiger partial charge in [-0.2, -0.15) is 10.1 Å².